The maximum Gasteiger partial charge on any atom is 0.248 e. The second kappa shape index (κ2) is 4.79. The SMILES string of the molecule is [C-]#[N+]C1=CN(C)[C@H](C)N1c1c(C)ccc2c1oc1ccccc12. The van der Waals surface area contributed by atoms with Gasteiger partial charge in [0, 0.05) is 24.0 Å². The maximum atomic E-state index is 7.50. The van der Waals surface area contributed by atoms with Crippen LogP contribution in [0.2, 0.25) is 0 Å². The van der Waals surface area contributed by atoms with Gasteiger partial charge in [0.05, 0.1) is 0 Å². The molecule has 2 heterocycles. The van der Waals surface area contributed by atoms with Gasteiger partial charge in [-0.2, -0.15) is 0 Å². The highest BCUT2D eigenvalue weighted by Crippen LogP contribution is 2.41. The van der Waals surface area contributed by atoms with E-state index in [1.807, 2.05) is 36.3 Å². The molecule has 3 aromatic rings. The number of hydrogen-bond donors (Lipinski definition) is 0. The molecular weight excluding hydrogens is 286 g/mol. The van der Waals surface area contributed by atoms with Crippen molar-refractivity contribution in [3.63, 3.8) is 0 Å². The van der Waals surface area contributed by atoms with E-state index in [9.17, 15) is 0 Å². The highest BCUT2D eigenvalue weighted by Gasteiger charge is 2.34. The van der Waals surface area contributed by atoms with E-state index in [2.05, 4.69) is 41.8 Å². The second-order valence-electron chi connectivity index (χ2n) is 5.97. The van der Waals surface area contributed by atoms with Crippen LogP contribution in [0.25, 0.3) is 26.8 Å². The zero-order valence-electron chi connectivity index (χ0n) is 13.4. The third-order valence-corrected chi connectivity index (χ3v) is 4.61. The first-order valence-corrected chi connectivity index (χ1v) is 7.63. The zero-order chi connectivity index (χ0) is 16.1. The summed E-state index contributed by atoms with van der Waals surface area (Å²) in [5, 5.41) is 2.20. The Hall–Kier alpha value is -2.93. The van der Waals surface area contributed by atoms with Crippen LogP contribution in [0, 0.1) is 13.5 Å². The van der Waals surface area contributed by atoms with Gasteiger partial charge in [0.15, 0.2) is 17.4 Å². The first kappa shape index (κ1) is 13.7. The number of benzene rings is 2. The Bertz CT molecular complexity index is 993. The van der Waals surface area contributed by atoms with Gasteiger partial charge in [-0.25, -0.2) is 0 Å². The number of hydrogen-bond acceptors (Lipinski definition) is 3. The van der Waals surface area contributed by atoms with Crippen LogP contribution in [0.3, 0.4) is 0 Å². The predicted molar refractivity (Wildman–Crippen MR) is 92.8 cm³/mol. The lowest BCUT2D eigenvalue weighted by Gasteiger charge is -2.26. The number of furan rings is 1. The van der Waals surface area contributed by atoms with Gasteiger partial charge in [-0.15, -0.1) is 0 Å². The molecule has 0 saturated heterocycles. The molecule has 114 valence electrons. The van der Waals surface area contributed by atoms with E-state index in [1.54, 1.807) is 0 Å². The van der Waals surface area contributed by atoms with Crippen LogP contribution in [-0.4, -0.2) is 18.1 Å². The third-order valence-electron chi connectivity index (χ3n) is 4.61. The molecule has 0 N–H and O–H groups in total. The van der Waals surface area contributed by atoms with E-state index in [0.717, 1.165) is 33.2 Å². The van der Waals surface area contributed by atoms with E-state index in [0.29, 0.717) is 5.82 Å². The Balaban J connectivity index is 2.05. The Morgan fingerprint density at radius 3 is 2.70 bits per heavy atom. The third kappa shape index (κ3) is 1.83. The summed E-state index contributed by atoms with van der Waals surface area (Å²) < 4.78 is 6.16. The van der Waals surface area contributed by atoms with Crippen LogP contribution in [0.5, 0.6) is 0 Å². The summed E-state index contributed by atoms with van der Waals surface area (Å²) in [6, 6.07) is 12.3. The second-order valence-corrected chi connectivity index (χ2v) is 5.97. The van der Waals surface area contributed by atoms with Crippen molar-refractivity contribution in [3.8, 4) is 0 Å². The molecule has 2 aromatic carbocycles. The zero-order valence-corrected chi connectivity index (χ0v) is 13.4. The van der Waals surface area contributed by atoms with Crippen LogP contribution in [0.4, 0.5) is 5.69 Å². The molecule has 23 heavy (non-hydrogen) atoms. The lowest BCUT2D eigenvalue weighted by molar-refractivity contribution is 0.382. The molecule has 1 aliphatic heterocycles. The van der Waals surface area contributed by atoms with Crippen molar-refractivity contribution in [1.82, 2.24) is 4.90 Å². The summed E-state index contributed by atoms with van der Waals surface area (Å²) in [5.41, 5.74) is 3.82. The van der Waals surface area contributed by atoms with Gasteiger partial charge in [-0.3, -0.25) is 4.90 Å². The van der Waals surface area contributed by atoms with Crippen molar-refractivity contribution in [2.45, 2.75) is 20.0 Å². The van der Waals surface area contributed by atoms with Gasteiger partial charge in [-0.05, 0) is 31.5 Å². The van der Waals surface area contributed by atoms with Crippen molar-refractivity contribution in [3.05, 3.63) is 65.4 Å². The molecule has 0 amide bonds. The molecule has 0 radical (unpaired) electrons. The van der Waals surface area contributed by atoms with Gasteiger partial charge >= 0.3 is 0 Å². The molecule has 0 saturated carbocycles. The van der Waals surface area contributed by atoms with Crippen LogP contribution >= 0.6 is 0 Å². The minimum absolute atomic E-state index is 0.0802. The summed E-state index contributed by atoms with van der Waals surface area (Å²) in [4.78, 5) is 7.81. The Kier molecular flexibility index (Phi) is 2.85. The summed E-state index contributed by atoms with van der Waals surface area (Å²) in [6.45, 7) is 11.7. The maximum absolute atomic E-state index is 7.50. The van der Waals surface area contributed by atoms with Crippen molar-refractivity contribution < 1.29 is 4.42 Å². The summed E-state index contributed by atoms with van der Waals surface area (Å²) >= 11 is 0. The number of aryl methyl sites for hydroxylation is 1. The molecule has 1 atom stereocenters. The highest BCUT2D eigenvalue weighted by atomic mass is 16.3. The number of nitrogens with zero attached hydrogens (tertiary/aromatic N) is 3. The fraction of sp³-hybridized carbons (Fsp3) is 0.211. The van der Waals surface area contributed by atoms with E-state index >= 15 is 0 Å². The average Bonchev–Trinajstić information content (AvgIpc) is 3.06. The Labute approximate surface area is 135 Å². The standard InChI is InChI=1S/C19H17N3O/c1-12-9-10-15-14-7-5-6-8-16(14)23-19(15)18(12)22-13(2)21(4)11-17(22)20-3/h5-11,13H,1-2,4H3/t13-/m0/s1. The van der Waals surface area contributed by atoms with Crippen molar-refractivity contribution in [1.29, 1.82) is 0 Å². The summed E-state index contributed by atoms with van der Waals surface area (Å²) in [6.07, 6.45) is 1.97. The lowest BCUT2D eigenvalue weighted by atomic mass is 10.1. The first-order chi connectivity index (χ1) is 11.1. The van der Waals surface area contributed by atoms with Crippen LogP contribution in [0.1, 0.15) is 12.5 Å². The van der Waals surface area contributed by atoms with E-state index in [-0.39, 0.29) is 6.17 Å². The molecular formula is C19H17N3O. The van der Waals surface area contributed by atoms with Gasteiger partial charge in [0.25, 0.3) is 0 Å². The van der Waals surface area contributed by atoms with E-state index in [4.69, 9.17) is 11.0 Å². The largest absolute Gasteiger partial charge is 0.452 e. The number of rotatable bonds is 1. The van der Waals surface area contributed by atoms with Crippen molar-refractivity contribution >= 4 is 27.6 Å². The lowest BCUT2D eigenvalue weighted by Crippen LogP contribution is -2.35. The Morgan fingerprint density at radius 2 is 1.91 bits per heavy atom. The first-order valence-electron chi connectivity index (χ1n) is 7.63. The smallest absolute Gasteiger partial charge is 0.248 e. The highest BCUT2D eigenvalue weighted by molar-refractivity contribution is 6.09. The minimum atomic E-state index is 0.0802. The van der Waals surface area contributed by atoms with Gasteiger partial charge in [0.2, 0.25) is 5.82 Å². The van der Waals surface area contributed by atoms with E-state index < -0.39 is 0 Å². The van der Waals surface area contributed by atoms with Gasteiger partial charge < -0.3 is 14.2 Å². The number of para-hydroxylation sites is 1. The van der Waals surface area contributed by atoms with Gasteiger partial charge in [0.1, 0.15) is 5.58 Å². The molecule has 0 bridgehead atoms. The molecule has 0 aliphatic carbocycles. The topological polar surface area (TPSA) is 24.0 Å². The molecule has 4 heteroatoms. The van der Waals surface area contributed by atoms with Crippen LogP contribution in [-0.2, 0) is 0 Å². The normalized spacial score (nSPS) is 17.8. The molecule has 4 rings (SSSR count). The molecule has 0 unspecified atom stereocenters. The van der Waals surface area contributed by atoms with E-state index in [1.165, 1.54) is 0 Å². The minimum Gasteiger partial charge on any atom is -0.452 e. The monoisotopic (exact) mass is 303 g/mol. The number of anilines is 1. The van der Waals surface area contributed by atoms with Crippen molar-refractivity contribution in [2.75, 3.05) is 11.9 Å². The van der Waals surface area contributed by atoms with Crippen molar-refractivity contribution in [2.24, 2.45) is 0 Å². The van der Waals surface area contributed by atoms with Crippen LogP contribution in [0.15, 0.2) is 52.8 Å². The quantitative estimate of drug-likeness (QED) is 0.608. The molecule has 1 aliphatic rings. The summed E-state index contributed by atoms with van der Waals surface area (Å²) in [5.74, 6) is 0.621. The molecule has 1 aromatic heterocycles. The fourth-order valence-corrected chi connectivity index (χ4v) is 3.28. The van der Waals surface area contributed by atoms with Gasteiger partial charge in [-0.1, -0.05) is 30.8 Å². The molecule has 0 spiro atoms. The molecule has 0 fully saturated rings. The Morgan fingerprint density at radius 1 is 1.13 bits per heavy atom. The average molecular weight is 303 g/mol. The fourth-order valence-electron chi connectivity index (χ4n) is 3.28. The summed E-state index contributed by atoms with van der Waals surface area (Å²) in [7, 11) is 1.99. The van der Waals surface area contributed by atoms with Crippen LogP contribution < -0.4 is 4.90 Å². The predicted octanol–water partition coefficient (Wildman–Crippen LogP) is 4.71. The number of fused-ring (bicyclic) bond motifs is 3. The molecule has 4 nitrogen and oxygen atoms in total.